The van der Waals surface area contributed by atoms with Gasteiger partial charge in [-0.25, -0.2) is 4.98 Å². The summed E-state index contributed by atoms with van der Waals surface area (Å²) in [5.41, 5.74) is 2.42. The van der Waals surface area contributed by atoms with E-state index in [-0.39, 0.29) is 6.61 Å². The number of anilines is 1. The minimum absolute atomic E-state index is 0.191. The normalized spacial score (nSPS) is 15.1. The van der Waals surface area contributed by atoms with Crippen molar-refractivity contribution in [2.75, 3.05) is 25.6 Å². The first kappa shape index (κ1) is 10.5. The first-order valence-corrected chi connectivity index (χ1v) is 5.60. The Morgan fingerprint density at radius 1 is 1.40 bits per heavy atom. The highest BCUT2D eigenvalue weighted by molar-refractivity contribution is 5.36. The number of hydrogen-bond donors (Lipinski definition) is 1. The molecule has 4 heteroatoms. The molecule has 0 bridgehead atoms. The van der Waals surface area contributed by atoms with Crippen LogP contribution in [-0.4, -0.2) is 35.4 Å². The molecule has 0 atom stereocenters. The molecule has 0 aliphatic carbocycles. The molecule has 0 saturated heterocycles. The summed E-state index contributed by atoms with van der Waals surface area (Å²) in [4.78, 5) is 6.66. The third-order valence-corrected chi connectivity index (χ3v) is 2.93. The summed E-state index contributed by atoms with van der Waals surface area (Å²) in [5.74, 6) is 1.04. The van der Waals surface area contributed by atoms with Crippen LogP contribution in [0, 0.1) is 0 Å². The van der Waals surface area contributed by atoms with Gasteiger partial charge in [-0.15, -0.1) is 0 Å². The fourth-order valence-electron chi connectivity index (χ4n) is 2.25. The molecule has 0 saturated carbocycles. The third-order valence-electron chi connectivity index (χ3n) is 2.93. The molecule has 1 aromatic heterocycles. The van der Waals surface area contributed by atoms with Crippen molar-refractivity contribution in [3.05, 3.63) is 11.4 Å². The second-order valence-electron chi connectivity index (χ2n) is 4.28. The molecule has 84 valence electrons. The minimum Gasteiger partial charge on any atom is -0.396 e. The van der Waals surface area contributed by atoms with Gasteiger partial charge in [-0.2, -0.15) is 0 Å². The van der Waals surface area contributed by atoms with Crippen LogP contribution in [0.25, 0.3) is 0 Å². The predicted octanol–water partition coefficient (Wildman–Crippen LogP) is 0.820. The van der Waals surface area contributed by atoms with Crippen molar-refractivity contribution < 1.29 is 5.11 Å². The van der Waals surface area contributed by atoms with E-state index in [1.54, 1.807) is 0 Å². The summed E-state index contributed by atoms with van der Waals surface area (Å²) in [6.07, 6.45) is 4.28. The van der Waals surface area contributed by atoms with Gasteiger partial charge in [0.05, 0.1) is 5.69 Å². The van der Waals surface area contributed by atoms with Gasteiger partial charge in [0.1, 0.15) is 0 Å². The number of fused-ring (bicyclic) bond motifs is 1. The lowest BCUT2D eigenvalue weighted by atomic mass is 10.1. The van der Waals surface area contributed by atoms with Gasteiger partial charge < -0.3 is 14.6 Å². The SMILES string of the molecule is CN(C)c1nc(CCO)c2n1CCCC2. The zero-order valence-corrected chi connectivity index (χ0v) is 9.53. The van der Waals surface area contributed by atoms with Crippen LogP contribution >= 0.6 is 0 Å². The second kappa shape index (κ2) is 4.23. The van der Waals surface area contributed by atoms with E-state index in [1.807, 2.05) is 14.1 Å². The molecule has 15 heavy (non-hydrogen) atoms. The Balaban J connectivity index is 2.40. The van der Waals surface area contributed by atoms with Crippen molar-refractivity contribution in [3.8, 4) is 0 Å². The molecule has 0 radical (unpaired) electrons. The Kier molecular flexibility index (Phi) is 2.95. The number of rotatable bonds is 3. The van der Waals surface area contributed by atoms with Crippen molar-refractivity contribution in [1.29, 1.82) is 0 Å². The van der Waals surface area contributed by atoms with Crippen LogP contribution in [0.2, 0.25) is 0 Å². The molecule has 2 rings (SSSR count). The number of aromatic nitrogens is 2. The fourth-order valence-corrected chi connectivity index (χ4v) is 2.25. The Hall–Kier alpha value is -1.03. The molecule has 0 aromatic carbocycles. The molecule has 1 N–H and O–H groups in total. The molecule has 1 aliphatic rings. The lowest BCUT2D eigenvalue weighted by molar-refractivity contribution is 0.297. The highest BCUT2D eigenvalue weighted by Crippen LogP contribution is 2.25. The number of hydrogen-bond acceptors (Lipinski definition) is 3. The number of aliphatic hydroxyl groups excluding tert-OH is 1. The van der Waals surface area contributed by atoms with Crippen molar-refractivity contribution >= 4 is 5.95 Å². The maximum absolute atomic E-state index is 9.01. The van der Waals surface area contributed by atoms with E-state index in [1.165, 1.54) is 18.5 Å². The zero-order valence-electron chi connectivity index (χ0n) is 9.53. The van der Waals surface area contributed by atoms with Crippen molar-refractivity contribution in [3.63, 3.8) is 0 Å². The Morgan fingerprint density at radius 2 is 2.20 bits per heavy atom. The third kappa shape index (κ3) is 1.86. The molecule has 2 heterocycles. The maximum Gasteiger partial charge on any atom is 0.205 e. The van der Waals surface area contributed by atoms with Crippen LogP contribution in [0.5, 0.6) is 0 Å². The fraction of sp³-hybridized carbons (Fsp3) is 0.727. The number of aliphatic hydroxyl groups is 1. The summed E-state index contributed by atoms with van der Waals surface area (Å²) in [5, 5.41) is 9.01. The van der Waals surface area contributed by atoms with E-state index >= 15 is 0 Å². The lowest BCUT2D eigenvalue weighted by Crippen LogP contribution is -2.18. The quantitative estimate of drug-likeness (QED) is 0.801. The van der Waals surface area contributed by atoms with Crippen molar-refractivity contribution in [1.82, 2.24) is 9.55 Å². The zero-order chi connectivity index (χ0) is 10.8. The lowest BCUT2D eigenvalue weighted by Gasteiger charge is -2.20. The summed E-state index contributed by atoms with van der Waals surface area (Å²) < 4.78 is 2.30. The molecule has 0 amide bonds. The molecular weight excluding hydrogens is 190 g/mol. The number of nitrogens with zero attached hydrogens (tertiary/aromatic N) is 3. The molecular formula is C11H19N3O. The average Bonchev–Trinajstić information content (AvgIpc) is 2.59. The average molecular weight is 209 g/mol. The summed E-state index contributed by atoms with van der Waals surface area (Å²) in [7, 11) is 4.04. The van der Waals surface area contributed by atoms with Gasteiger partial charge in [0.25, 0.3) is 0 Å². The van der Waals surface area contributed by atoms with Gasteiger partial charge in [0.2, 0.25) is 5.95 Å². The molecule has 4 nitrogen and oxygen atoms in total. The van der Waals surface area contributed by atoms with Crippen LogP contribution < -0.4 is 4.90 Å². The van der Waals surface area contributed by atoms with E-state index in [9.17, 15) is 0 Å². The minimum atomic E-state index is 0.191. The van der Waals surface area contributed by atoms with Crippen LogP contribution in [0.1, 0.15) is 24.2 Å². The summed E-state index contributed by atoms with van der Waals surface area (Å²) in [6, 6.07) is 0. The molecule has 0 spiro atoms. The van der Waals surface area contributed by atoms with Gasteiger partial charge in [0.15, 0.2) is 0 Å². The summed E-state index contributed by atoms with van der Waals surface area (Å²) in [6.45, 7) is 1.26. The van der Waals surface area contributed by atoms with Gasteiger partial charge in [-0.05, 0) is 19.3 Å². The maximum atomic E-state index is 9.01. The van der Waals surface area contributed by atoms with E-state index in [0.717, 1.165) is 24.6 Å². The summed E-state index contributed by atoms with van der Waals surface area (Å²) >= 11 is 0. The first-order chi connectivity index (χ1) is 7.24. The molecule has 0 fully saturated rings. The van der Waals surface area contributed by atoms with E-state index in [2.05, 4.69) is 14.5 Å². The van der Waals surface area contributed by atoms with Crippen molar-refractivity contribution in [2.45, 2.75) is 32.2 Å². The van der Waals surface area contributed by atoms with Gasteiger partial charge in [-0.3, -0.25) is 0 Å². The van der Waals surface area contributed by atoms with Crippen LogP contribution in [-0.2, 0) is 19.4 Å². The van der Waals surface area contributed by atoms with Gasteiger partial charge in [-0.1, -0.05) is 0 Å². The molecule has 0 unspecified atom stereocenters. The van der Waals surface area contributed by atoms with Gasteiger partial charge >= 0.3 is 0 Å². The largest absolute Gasteiger partial charge is 0.396 e. The second-order valence-corrected chi connectivity index (χ2v) is 4.28. The first-order valence-electron chi connectivity index (χ1n) is 5.60. The Morgan fingerprint density at radius 3 is 2.87 bits per heavy atom. The highest BCUT2D eigenvalue weighted by Gasteiger charge is 2.20. The predicted molar refractivity (Wildman–Crippen MR) is 60.3 cm³/mol. The highest BCUT2D eigenvalue weighted by atomic mass is 16.3. The smallest absolute Gasteiger partial charge is 0.205 e. The monoisotopic (exact) mass is 209 g/mol. The van der Waals surface area contributed by atoms with E-state index < -0.39 is 0 Å². The van der Waals surface area contributed by atoms with Crippen LogP contribution in [0.15, 0.2) is 0 Å². The van der Waals surface area contributed by atoms with Crippen LogP contribution in [0.3, 0.4) is 0 Å². The van der Waals surface area contributed by atoms with Gasteiger partial charge in [0, 0.05) is 39.4 Å². The Bertz CT molecular complexity index is 344. The standard InChI is InChI=1S/C11H19N3O/c1-13(2)11-12-9(6-8-15)10-5-3-4-7-14(10)11/h15H,3-8H2,1-2H3. The van der Waals surface area contributed by atoms with Crippen LogP contribution in [0.4, 0.5) is 5.95 Å². The number of imidazole rings is 1. The molecule has 1 aromatic rings. The topological polar surface area (TPSA) is 41.3 Å². The Labute approximate surface area is 90.5 Å². The van der Waals surface area contributed by atoms with E-state index in [4.69, 9.17) is 5.11 Å². The molecule has 1 aliphatic heterocycles. The van der Waals surface area contributed by atoms with E-state index in [0.29, 0.717) is 6.42 Å². The van der Waals surface area contributed by atoms with Crippen molar-refractivity contribution in [2.24, 2.45) is 0 Å².